The zero-order valence-corrected chi connectivity index (χ0v) is 12.9. The predicted molar refractivity (Wildman–Crippen MR) is 77.4 cm³/mol. The molecule has 0 radical (unpaired) electrons. The fourth-order valence-corrected chi connectivity index (χ4v) is 2.21. The Hall–Kier alpha value is -1.40. The molecule has 106 valence electrons. The van der Waals surface area contributed by atoms with E-state index < -0.39 is 13.0 Å². The summed E-state index contributed by atoms with van der Waals surface area (Å²) in [5.41, 5.74) is 0.812. The van der Waals surface area contributed by atoms with E-state index in [1.54, 1.807) is 13.0 Å². The van der Waals surface area contributed by atoms with Gasteiger partial charge in [0.05, 0.1) is 4.92 Å². The molecule has 1 aromatic rings. The van der Waals surface area contributed by atoms with Gasteiger partial charge in [-0.05, 0) is 24.6 Å². The average Bonchev–Trinajstić information content (AvgIpc) is 2.28. The monoisotopic (exact) mass is 283 g/mol. The lowest BCUT2D eigenvalue weighted by Gasteiger charge is -2.15. The average molecular weight is 283 g/mol. The summed E-state index contributed by atoms with van der Waals surface area (Å²) in [6.07, 6.45) is 0. The van der Waals surface area contributed by atoms with Crippen molar-refractivity contribution in [1.82, 2.24) is 0 Å². The van der Waals surface area contributed by atoms with Crippen LogP contribution in [0.5, 0.6) is 5.75 Å². The van der Waals surface area contributed by atoms with Crippen LogP contribution in [0.25, 0.3) is 0 Å². The van der Waals surface area contributed by atoms with Gasteiger partial charge in [0, 0.05) is 26.8 Å². The predicted octanol–water partition coefficient (Wildman–Crippen LogP) is 3.59. The van der Waals surface area contributed by atoms with Crippen molar-refractivity contribution < 1.29 is 14.4 Å². The normalized spacial score (nSPS) is 11.4. The lowest BCUT2D eigenvalue weighted by Crippen LogP contribution is -2.22. The lowest BCUT2D eigenvalue weighted by atomic mass is 10.2. The Morgan fingerprint density at radius 3 is 2.53 bits per heavy atom. The number of nitrogens with zero attached hydrogens (tertiary/aromatic N) is 1. The first-order chi connectivity index (χ1) is 8.79. The van der Waals surface area contributed by atoms with Crippen LogP contribution >= 0.6 is 0 Å². The molecule has 0 bridgehead atoms. The Morgan fingerprint density at radius 2 is 2.00 bits per heavy atom. The van der Waals surface area contributed by atoms with Crippen LogP contribution in [-0.2, 0) is 4.74 Å². The van der Waals surface area contributed by atoms with Gasteiger partial charge in [0.1, 0.15) is 5.75 Å². The summed E-state index contributed by atoms with van der Waals surface area (Å²) in [7, 11) is -1.07. The zero-order chi connectivity index (χ0) is 14.5. The van der Waals surface area contributed by atoms with Crippen molar-refractivity contribution in [3.05, 3.63) is 33.9 Å². The maximum Gasteiger partial charge on any atom is 0.269 e. The van der Waals surface area contributed by atoms with Crippen molar-refractivity contribution in [2.45, 2.75) is 32.6 Å². The van der Waals surface area contributed by atoms with E-state index in [0.717, 1.165) is 11.6 Å². The summed E-state index contributed by atoms with van der Waals surface area (Å²) in [6, 6.07) is 5.63. The molecule has 0 aliphatic carbocycles. The smallest absolute Gasteiger partial charge is 0.269 e. The first kappa shape index (κ1) is 15.7. The third-order valence-electron chi connectivity index (χ3n) is 2.66. The second-order valence-electron chi connectivity index (χ2n) is 5.69. The minimum Gasteiger partial charge on any atom is -0.467 e. The molecular weight excluding hydrogens is 262 g/mol. The minimum atomic E-state index is -1.07. The van der Waals surface area contributed by atoms with Gasteiger partial charge in [0.2, 0.25) is 0 Å². The van der Waals surface area contributed by atoms with E-state index in [0.29, 0.717) is 12.4 Å². The molecule has 5 nitrogen and oxygen atoms in total. The number of non-ortho nitro benzene ring substituents is 1. The van der Waals surface area contributed by atoms with E-state index in [-0.39, 0.29) is 12.5 Å². The molecule has 0 spiro atoms. The number of nitro groups is 1. The quantitative estimate of drug-likeness (QED) is 0.252. The van der Waals surface area contributed by atoms with Crippen LogP contribution in [0, 0.1) is 17.0 Å². The molecule has 0 saturated heterocycles. The molecule has 0 atom stereocenters. The van der Waals surface area contributed by atoms with Crippen molar-refractivity contribution in [1.29, 1.82) is 0 Å². The molecule has 0 heterocycles. The van der Waals surface area contributed by atoms with Gasteiger partial charge in [-0.15, -0.1) is 0 Å². The molecule has 6 heteroatoms. The fourth-order valence-electron chi connectivity index (χ4n) is 1.45. The Kier molecular flexibility index (Phi) is 5.50. The van der Waals surface area contributed by atoms with Crippen LogP contribution in [0.15, 0.2) is 18.2 Å². The first-order valence-electron chi connectivity index (χ1n) is 6.25. The number of hydrogen-bond donors (Lipinski definition) is 0. The molecule has 1 rings (SSSR count). The third kappa shape index (κ3) is 5.85. The highest BCUT2D eigenvalue weighted by molar-refractivity contribution is 6.76. The Morgan fingerprint density at radius 1 is 1.32 bits per heavy atom. The Balaban J connectivity index is 2.40. The summed E-state index contributed by atoms with van der Waals surface area (Å²) >= 11 is 0. The maximum atomic E-state index is 10.6. The summed E-state index contributed by atoms with van der Waals surface area (Å²) in [5, 5.41) is 10.6. The van der Waals surface area contributed by atoms with Gasteiger partial charge in [-0.25, -0.2) is 0 Å². The number of nitro benzene ring substituents is 1. The highest BCUT2D eigenvalue weighted by Gasteiger charge is 2.12. The topological polar surface area (TPSA) is 61.6 Å². The van der Waals surface area contributed by atoms with Crippen LogP contribution in [0.4, 0.5) is 5.69 Å². The standard InChI is InChI=1S/C13H21NO4Si/c1-11-9-12(14(15)16)5-6-13(11)18-10-17-7-8-19(2,3)4/h5-6,9H,7-8,10H2,1-4H3. The van der Waals surface area contributed by atoms with E-state index in [1.165, 1.54) is 12.1 Å². The van der Waals surface area contributed by atoms with Gasteiger partial charge in [-0.1, -0.05) is 19.6 Å². The number of benzene rings is 1. The van der Waals surface area contributed by atoms with Crippen molar-refractivity contribution in [3.8, 4) is 5.75 Å². The maximum absolute atomic E-state index is 10.6. The van der Waals surface area contributed by atoms with Gasteiger partial charge in [-0.3, -0.25) is 10.1 Å². The fraction of sp³-hybridized carbons (Fsp3) is 0.538. The van der Waals surface area contributed by atoms with Crippen molar-refractivity contribution in [3.63, 3.8) is 0 Å². The number of aryl methyl sites for hydroxylation is 1. The highest BCUT2D eigenvalue weighted by atomic mass is 28.3. The van der Waals surface area contributed by atoms with Crippen molar-refractivity contribution >= 4 is 13.8 Å². The van der Waals surface area contributed by atoms with Crippen molar-refractivity contribution in [2.24, 2.45) is 0 Å². The van der Waals surface area contributed by atoms with Crippen LogP contribution in [0.3, 0.4) is 0 Å². The van der Waals surface area contributed by atoms with Gasteiger partial charge in [0.15, 0.2) is 6.79 Å². The van der Waals surface area contributed by atoms with Gasteiger partial charge < -0.3 is 9.47 Å². The second kappa shape index (κ2) is 6.67. The van der Waals surface area contributed by atoms with E-state index in [4.69, 9.17) is 9.47 Å². The SMILES string of the molecule is Cc1cc([N+](=O)[O-])ccc1OCOCC[Si](C)(C)C. The number of hydrogen-bond acceptors (Lipinski definition) is 4. The Bertz CT molecular complexity index is 443. The molecule has 0 aliphatic rings. The number of rotatable bonds is 7. The molecule has 0 N–H and O–H groups in total. The summed E-state index contributed by atoms with van der Waals surface area (Å²) in [6.45, 7) is 9.53. The molecular formula is C13H21NO4Si. The molecule has 0 unspecified atom stereocenters. The second-order valence-corrected chi connectivity index (χ2v) is 11.3. The molecule has 0 fully saturated rings. The molecule has 0 amide bonds. The minimum absolute atomic E-state index is 0.0736. The van der Waals surface area contributed by atoms with E-state index in [1.807, 2.05) is 0 Å². The van der Waals surface area contributed by atoms with Crippen LogP contribution in [0.1, 0.15) is 5.56 Å². The van der Waals surface area contributed by atoms with Crippen LogP contribution in [-0.4, -0.2) is 26.4 Å². The number of ether oxygens (including phenoxy) is 2. The summed E-state index contributed by atoms with van der Waals surface area (Å²) in [5.74, 6) is 0.624. The Labute approximate surface area is 114 Å². The van der Waals surface area contributed by atoms with Crippen LogP contribution < -0.4 is 4.74 Å². The van der Waals surface area contributed by atoms with E-state index in [2.05, 4.69) is 19.6 Å². The highest BCUT2D eigenvalue weighted by Crippen LogP contribution is 2.23. The zero-order valence-electron chi connectivity index (χ0n) is 11.9. The van der Waals surface area contributed by atoms with Gasteiger partial charge >= 0.3 is 0 Å². The lowest BCUT2D eigenvalue weighted by molar-refractivity contribution is -0.384. The van der Waals surface area contributed by atoms with E-state index >= 15 is 0 Å². The van der Waals surface area contributed by atoms with Gasteiger partial charge in [-0.2, -0.15) is 0 Å². The summed E-state index contributed by atoms with van der Waals surface area (Å²) < 4.78 is 10.9. The first-order valence-corrected chi connectivity index (χ1v) is 9.96. The molecule has 0 aliphatic heterocycles. The molecule has 1 aromatic carbocycles. The van der Waals surface area contributed by atoms with Gasteiger partial charge in [0.25, 0.3) is 5.69 Å². The molecule has 0 saturated carbocycles. The largest absolute Gasteiger partial charge is 0.467 e. The summed E-state index contributed by atoms with van der Waals surface area (Å²) in [4.78, 5) is 10.2. The van der Waals surface area contributed by atoms with Crippen molar-refractivity contribution in [2.75, 3.05) is 13.4 Å². The van der Waals surface area contributed by atoms with Crippen LogP contribution in [0.2, 0.25) is 25.7 Å². The third-order valence-corrected chi connectivity index (χ3v) is 4.37. The molecule has 19 heavy (non-hydrogen) atoms. The molecule has 0 aromatic heterocycles. The van der Waals surface area contributed by atoms with E-state index in [9.17, 15) is 10.1 Å².